The van der Waals surface area contributed by atoms with Crippen molar-refractivity contribution in [1.82, 2.24) is 19.5 Å². The van der Waals surface area contributed by atoms with Gasteiger partial charge in [0, 0.05) is 32.9 Å². The molecule has 1 aliphatic heterocycles. The van der Waals surface area contributed by atoms with Crippen LogP contribution in [-0.2, 0) is 5.41 Å². The van der Waals surface area contributed by atoms with Crippen LogP contribution in [0, 0.1) is 0 Å². The molecule has 10 aromatic rings. The summed E-state index contributed by atoms with van der Waals surface area (Å²) >= 11 is 12.6. The molecule has 1 unspecified atom stereocenters. The van der Waals surface area contributed by atoms with E-state index >= 15 is 0 Å². The lowest BCUT2D eigenvalue weighted by molar-refractivity contribution is 0.716. The van der Waals surface area contributed by atoms with Gasteiger partial charge in [0.05, 0.1) is 16.7 Å². The highest BCUT2D eigenvalue weighted by atomic mass is 35.5. The summed E-state index contributed by atoms with van der Waals surface area (Å²) in [7, 11) is 0. The van der Waals surface area contributed by atoms with Gasteiger partial charge in [-0.15, -0.1) is 0 Å². The lowest BCUT2D eigenvalue weighted by atomic mass is 9.72. The molecule has 6 heteroatoms. The standard InChI is InChI=1S/C49H28Cl2N4/c1-49(29-24-23-27-11-2-3-12-28(27)25-29)38-20-10-18-34-33-13-4-6-21-40(33)55-41-22-7-5-14-36(41)42-37(26-39(49)44(43(34)38)45(42)55)32-17-8-16-31-30(32)15-9-19-35(31)46-52-47(50)54-48(51)53-46/h2-26H,1H3. The Morgan fingerprint density at radius 3 is 2.00 bits per heavy atom. The molecule has 2 aliphatic rings. The SMILES string of the molecule is CC1(c2ccc3ccccc3c2)c2cccc3c2-c2c1cc(-c1cccc4c(-c5nc(Cl)nc(Cl)n5)cccc14)c1c4ccccc4n(c21)-c1ccccc1-3. The van der Waals surface area contributed by atoms with E-state index in [4.69, 9.17) is 23.2 Å². The van der Waals surface area contributed by atoms with E-state index in [9.17, 15) is 0 Å². The number of rotatable bonds is 3. The van der Waals surface area contributed by atoms with Gasteiger partial charge in [-0.2, -0.15) is 15.0 Å². The number of para-hydroxylation sites is 2. The van der Waals surface area contributed by atoms with E-state index in [1.807, 2.05) is 6.07 Å². The Labute approximate surface area is 326 Å². The third kappa shape index (κ3) is 4.10. The van der Waals surface area contributed by atoms with Crippen molar-refractivity contribution in [2.45, 2.75) is 12.3 Å². The smallest absolute Gasteiger partial charge is 0.227 e. The van der Waals surface area contributed by atoms with Crippen molar-refractivity contribution >= 4 is 66.6 Å². The Hall–Kier alpha value is -6.33. The topological polar surface area (TPSA) is 43.6 Å². The summed E-state index contributed by atoms with van der Waals surface area (Å²) < 4.78 is 2.53. The fraction of sp³-hybridized carbons (Fsp3) is 0.0408. The average Bonchev–Trinajstić information content (AvgIpc) is 3.65. The Bertz CT molecular complexity index is 3310. The first-order valence-electron chi connectivity index (χ1n) is 18.4. The number of hydrogen-bond acceptors (Lipinski definition) is 3. The van der Waals surface area contributed by atoms with Crippen molar-refractivity contribution in [2.75, 3.05) is 0 Å². The maximum Gasteiger partial charge on any atom is 0.227 e. The van der Waals surface area contributed by atoms with E-state index in [-0.39, 0.29) is 10.6 Å². The summed E-state index contributed by atoms with van der Waals surface area (Å²) in [6.45, 7) is 2.43. The third-order valence-electron chi connectivity index (χ3n) is 12.1. The van der Waals surface area contributed by atoms with E-state index in [1.165, 1.54) is 82.8 Å². The molecule has 0 saturated heterocycles. The van der Waals surface area contributed by atoms with E-state index in [0.29, 0.717) is 5.82 Å². The van der Waals surface area contributed by atoms with Crippen LogP contribution in [0.15, 0.2) is 152 Å². The molecule has 55 heavy (non-hydrogen) atoms. The predicted octanol–water partition coefficient (Wildman–Crippen LogP) is 13.2. The van der Waals surface area contributed by atoms with Crippen molar-refractivity contribution in [3.05, 3.63) is 179 Å². The fourth-order valence-corrected chi connectivity index (χ4v) is 10.1. The minimum absolute atomic E-state index is 0.0639. The third-order valence-corrected chi connectivity index (χ3v) is 12.5. The van der Waals surface area contributed by atoms with E-state index < -0.39 is 5.41 Å². The predicted molar refractivity (Wildman–Crippen MR) is 226 cm³/mol. The minimum Gasteiger partial charge on any atom is -0.308 e. The quantitative estimate of drug-likeness (QED) is 0.181. The molecule has 1 aliphatic carbocycles. The molecule has 12 rings (SSSR count). The first-order chi connectivity index (χ1) is 27.0. The van der Waals surface area contributed by atoms with Gasteiger partial charge in [-0.1, -0.05) is 127 Å². The molecule has 1 atom stereocenters. The zero-order valence-corrected chi connectivity index (χ0v) is 31.0. The maximum absolute atomic E-state index is 6.31. The van der Waals surface area contributed by atoms with Gasteiger partial charge in [-0.3, -0.25) is 0 Å². The van der Waals surface area contributed by atoms with Gasteiger partial charge in [0.2, 0.25) is 10.6 Å². The number of halogens is 2. The van der Waals surface area contributed by atoms with Crippen LogP contribution < -0.4 is 0 Å². The van der Waals surface area contributed by atoms with Gasteiger partial charge in [0.1, 0.15) is 0 Å². The molecule has 8 aromatic carbocycles. The van der Waals surface area contributed by atoms with Crippen LogP contribution in [0.1, 0.15) is 23.6 Å². The molecule has 0 radical (unpaired) electrons. The van der Waals surface area contributed by atoms with Gasteiger partial charge >= 0.3 is 0 Å². The Morgan fingerprint density at radius 2 is 1.15 bits per heavy atom. The molecular weight excluding hydrogens is 715 g/mol. The van der Waals surface area contributed by atoms with Crippen LogP contribution in [0.4, 0.5) is 0 Å². The van der Waals surface area contributed by atoms with Crippen LogP contribution in [0.3, 0.4) is 0 Å². The molecule has 0 bridgehead atoms. The highest BCUT2D eigenvalue weighted by Crippen LogP contribution is 2.61. The largest absolute Gasteiger partial charge is 0.308 e. The summed E-state index contributed by atoms with van der Waals surface area (Å²) in [5, 5.41) is 7.15. The highest BCUT2D eigenvalue weighted by Gasteiger charge is 2.45. The van der Waals surface area contributed by atoms with Crippen LogP contribution in [0.2, 0.25) is 10.6 Å². The summed E-state index contributed by atoms with van der Waals surface area (Å²) in [4.78, 5) is 13.0. The Kier molecular flexibility index (Phi) is 6.28. The second-order valence-electron chi connectivity index (χ2n) is 14.8. The highest BCUT2D eigenvalue weighted by molar-refractivity contribution is 6.31. The van der Waals surface area contributed by atoms with E-state index in [1.54, 1.807) is 0 Å². The van der Waals surface area contributed by atoms with Gasteiger partial charge < -0.3 is 4.57 Å². The fourth-order valence-electron chi connectivity index (χ4n) is 9.78. The number of nitrogens with zero attached hydrogens (tertiary/aromatic N) is 4. The molecule has 0 fully saturated rings. The molecule has 0 amide bonds. The van der Waals surface area contributed by atoms with Crippen molar-refractivity contribution in [2.24, 2.45) is 0 Å². The Morgan fingerprint density at radius 1 is 0.491 bits per heavy atom. The van der Waals surface area contributed by atoms with E-state index in [0.717, 1.165) is 21.9 Å². The first kappa shape index (κ1) is 31.1. The van der Waals surface area contributed by atoms with Crippen molar-refractivity contribution in [3.8, 4) is 50.5 Å². The molecule has 0 spiro atoms. The van der Waals surface area contributed by atoms with Crippen LogP contribution in [0.5, 0.6) is 0 Å². The zero-order chi connectivity index (χ0) is 36.6. The van der Waals surface area contributed by atoms with Gasteiger partial charge in [0.25, 0.3) is 0 Å². The summed E-state index contributed by atoms with van der Waals surface area (Å²) in [6.07, 6.45) is 0. The molecule has 0 N–H and O–H groups in total. The molecule has 3 heterocycles. The van der Waals surface area contributed by atoms with Crippen molar-refractivity contribution < 1.29 is 0 Å². The average molecular weight is 744 g/mol. The molecule has 0 saturated carbocycles. The van der Waals surface area contributed by atoms with Gasteiger partial charge in [-0.25, -0.2) is 0 Å². The second-order valence-corrected chi connectivity index (χ2v) is 15.4. The number of hydrogen-bond donors (Lipinski definition) is 0. The van der Waals surface area contributed by atoms with Crippen LogP contribution in [-0.4, -0.2) is 19.5 Å². The molecule has 4 nitrogen and oxygen atoms in total. The van der Waals surface area contributed by atoms with Crippen molar-refractivity contribution in [1.29, 1.82) is 0 Å². The lowest BCUT2D eigenvalue weighted by Crippen LogP contribution is -2.22. The Balaban J connectivity index is 1.27. The second kappa shape index (κ2) is 11.1. The number of aromatic nitrogens is 4. The number of benzene rings is 8. The minimum atomic E-state index is -0.449. The molecule has 2 aromatic heterocycles. The van der Waals surface area contributed by atoms with Crippen molar-refractivity contribution in [3.63, 3.8) is 0 Å². The van der Waals surface area contributed by atoms with Gasteiger partial charge in [-0.05, 0) is 115 Å². The van der Waals surface area contributed by atoms with Crippen LogP contribution >= 0.6 is 23.2 Å². The normalized spacial score (nSPS) is 15.3. The zero-order valence-electron chi connectivity index (χ0n) is 29.5. The first-order valence-corrected chi connectivity index (χ1v) is 19.2. The van der Waals surface area contributed by atoms with E-state index in [2.05, 4.69) is 172 Å². The van der Waals surface area contributed by atoms with Gasteiger partial charge in [0.15, 0.2) is 5.82 Å². The summed E-state index contributed by atoms with van der Waals surface area (Å²) in [6, 6.07) is 55.6. The monoisotopic (exact) mass is 742 g/mol. The lowest BCUT2D eigenvalue weighted by Gasteiger charge is -2.30. The summed E-state index contributed by atoms with van der Waals surface area (Å²) in [5.41, 5.74) is 15.3. The maximum atomic E-state index is 6.31. The number of fused-ring (bicyclic) bond motifs is 8. The summed E-state index contributed by atoms with van der Waals surface area (Å²) in [5.74, 6) is 0.442. The molecule has 258 valence electrons. The van der Waals surface area contributed by atoms with Crippen LogP contribution in [0.25, 0.3) is 93.8 Å². The molecular formula is C49H28Cl2N4.